The van der Waals surface area contributed by atoms with E-state index in [1.54, 1.807) is 15.8 Å². The molecule has 1 amide bonds. The molecule has 2 heterocycles. The highest BCUT2D eigenvalue weighted by Crippen LogP contribution is 2.23. The van der Waals surface area contributed by atoms with Gasteiger partial charge in [-0.3, -0.25) is 4.79 Å². The second-order valence-corrected chi connectivity index (χ2v) is 8.74. The number of likely N-dealkylation sites (tertiary alicyclic amines) is 1. The topological polar surface area (TPSA) is 79.4 Å². The first-order valence-electron chi connectivity index (χ1n) is 7.75. The number of hydrogen-bond donors (Lipinski definition) is 1. The number of nitrogens with one attached hydrogen (secondary N) is 1. The zero-order valence-corrected chi connectivity index (χ0v) is 14.0. The molecule has 6 nitrogen and oxygen atoms in total. The monoisotopic (exact) mass is 343 g/mol. The summed E-state index contributed by atoms with van der Waals surface area (Å²) < 4.78 is 27.9. The smallest absolute Gasteiger partial charge is 0.273 e. The minimum atomic E-state index is -3.36. The minimum absolute atomic E-state index is 0.0784. The van der Waals surface area contributed by atoms with Gasteiger partial charge in [0.2, 0.25) is 10.0 Å². The van der Waals surface area contributed by atoms with E-state index in [2.05, 4.69) is 9.71 Å². The number of hydrogen-bond acceptors (Lipinski definition) is 5. The second kappa shape index (κ2) is 6.64. The third-order valence-corrected chi connectivity index (χ3v) is 6.95. The summed E-state index contributed by atoms with van der Waals surface area (Å²) in [4.78, 5) is 18.0. The number of sulfonamides is 1. The molecular formula is C14H21N3O3S2. The average molecular weight is 343 g/mol. The molecule has 3 rings (SSSR count). The van der Waals surface area contributed by atoms with E-state index in [1.165, 1.54) is 11.3 Å². The van der Waals surface area contributed by atoms with Crippen LogP contribution in [0.3, 0.4) is 0 Å². The molecule has 0 aromatic carbocycles. The molecule has 0 unspecified atom stereocenters. The van der Waals surface area contributed by atoms with E-state index in [4.69, 9.17) is 0 Å². The molecular weight excluding hydrogens is 322 g/mol. The molecule has 1 saturated carbocycles. The predicted octanol–water partition coefficient (Wildman–Crippen LogP) is 1.61. The van der Waals surface area contributed by atoms with Crippen molar-refractivity contribution in [2.75, 3.05) is 13.1 Å². The van der Waals surface area contributed by atoms with E-state index in [0.717, 1.165) is 25.7 Å². The molecule has 1 aromatic rings. The molecule has 2 fully saturated rings. The van der Waals surface area contributed by atoms with Gasteiger partial charge >= 0.3 is 0 Å². The van der Waals surface area contributed by atoms with Crippen LogP contribution < -0.4 is 4.72 Å². The van der Waals surface area contributed by atoms with Crippen molar-refractivity contribution in [1.82, 2.24) is 14.6 Å². The number of carbonyl (C=O) groups is 1. The van der Waals surface area contributed by atoms with Gasteiger partial charge in [-0.1, -0.05) is 12.8 Å². The molecule has 0 radical (unpaired) electrons. The fourth-order valence-electron chi connectivity index (χ4n) is 3.23. The van der Waals surface area contributed by atoms with Gasteiger partial charge in [-0.15, -0.1) is 11.3 Å². The Balaban J connectivity index is 1.65. The summed E-state index contributed by atoms with van der Waals surface area (Å²) in [5.74, 6) is -0.165. The Morgan fingerprint density at radius 1 is 1.27 bits per heavy atom. The van der Waals surface area contributed by atoms with Crippen molar-refractivity contribution < 1.29 is 13.2 Å². The average Bonchev–Trinajstić information content (AvgIpc) is 3.19. The van der Waals surface area contributed by atoms with E-state index < -0.39 is 15.3 Å². The summed E-state index contributed by atoms with van der Waals surface area (Å²) in [6.45, 7) is 0.865. The molecule has 1 atom stereocenters. The lowest BCUT2D eigenvalue weighted by Crippen LogP contribution is -2.50. The van der Waals surface area contributed by atoms with Crippen molar-refractivity contribution in [2.24, 2.45) is 0 Å². The molecule has 122 valence electrons. The highest BCUT2D eigenvalue weighted by Gasteiger charge is 2.35. The number of nitrogens with zero attached hydrogens (tertiary/aromatic N) is 2. The predicted molar refractivity (Wildman–Crippen MR) is 85.4 cm³/mol. The maximum atomic E-state index is 12.5. The minimum Gasteiger partial charge on any atom is -0.336 e. The lowest BCUT2D eigenvalue weighted by Gasteiger charge is -2.32. The molecule has 2 aliphatic rings. The summed E-state index contributed by atoms with van der Waals surface area (Å²) in [5, 5.41) is 1.20. The van der Waals surface area contributed by atoms with Gasteiger partial charge < -0.3 is 4.90 Å². The SMILES string of the molecule is O=C(c1cscn1)N1CCC[C@H](S(=O)(=O)NC2CCCC2)C1. The Bertz CT molecular complexity index is 609. The van der Waals surface area contributed by atoms with Crippen molar-refractivity contribution in [3.05, 3.63) is 16.6 Å². The van der Waals surface area contributed by atoms with Crippen LogP contribution in [0.4, 0.5) is 0 Å². The molecule has 0 spiro atoms. The van der Waals surface area contributed by atoms with E-state index in [1.807, 2.05) is 0 Å². The lowest BCUT2D eigenvalue weighted by molar-refractivity contribution is 0.0721. The largest absolute Gasteiger partial charge is 0.336 e. The zero-order valence-electron chi connectivity index (χ0n) is 12.4. The second-order valence-electron chi connectivity index (χ2n) is 6.03. The van der Waals surface area contributed by atoms with Gasteiger partial charge in [-0.05, 0) is 25.7 Å². The van der Waals surface area contributed by atoms with Crippen molar-refractivity contribution in [3.63, 3.8) is 0 Å². The third kappa shape index (κ3) is 3.49. The van der Waals surface area contributed by atoms with Gasteiger partial charge in [0.05, 0.1) is 10.8 Å². The molecule has 1 aromatic heterocycles. The van der Waals surface area contributed by atoms with Crippen LogP contribution in [0.5, 0.6) is 0 Å². The van der Waals surface area contributed by atoms with Crippen LogP contribution in [0.2, 0.25) is 0 Å². The number of amides is 1. The van der Waals surface area contributed by atoms with Gasteiger partial charge in [0, 0.05) is 24.5 Å². The first kappa shape index (κ1) is 15.9. The zero-order chi connectivity index (χ0) is 15.6. The van der Waals surface area contributed by atoms with Crippen molar-refractivity contribution in [1.29, 1.82) is 0 Å². The number of carbonyl (C=O) groups excluding carboxylic acids is 1. The van der Waals surface area contributed by atoms with Crippen molar-refractivity contribution in [2.45, 2.75) is 49.8 Å². The van der Waals surface area contributed by atoms with Crippen LogP contribution in [0.15, 0.2) is 10.9 Å². The molecule has 1 saturated heterocycles. The number of thiazole rings is 1. The lowest BCUT2D eigenvalue weighted by atomic mass is 10.1. The highest BCUT2D eigenvalue weighted by molar-refractivity contribution is 7.90. The van der Waals surface area contributed by atoms with E-state index in [9.17, 15) is 13.2 Å². The molecule has 1 aliphatic heterocycles. The Kier molecular flexibility index (Phi) is 4.79. The van der Waals surface area contributed by atoms with E-state index in [0.29, 0.717) is 25.1 Å². The Hall–Kier alpha value is -0.990. The standard InChI is InChI=1S/C14H21N3O3S2/c18-14(13-9-21-10-15-13)17-7-3-6-12(8-17)22(19,20)16-11-4-1-2-5-11/h9-12,16H,1-8H2/t12-/m0/s1. The fourth-order valence-corrected chi connectivity index (χ4v) is 5.50. The van der Waals surface area contributed by atoms with Gasteiger partial charge in [0.25, 0.3) is 5.91 Å². The summed E-state index contributed by atoms with van der Waals surface area (Å²) in [5.41, 5.74) is 2.03. The third-order valence-electron chi connectivity index (χ3n) is 4.44. The molecule has 1 aliphatic carbocycles. The summed E-state index contributed by atoms with van der Waals surface area (Å²) in [6, 6.07) is 0.0784. The molecule has 8 heteroatoms. The van der Waals surface area contributed by atoms with Gasteiger partial charge in [0.1, 0.15) is 5.69 Å². The first-order chi connectivity index (χ1) is 10.6. The van der Waals surface area contributed by atoms with Crippen molar-refractivity contribution in [3.8, 4) is 0 Å². The molecule has 0 bridgehead atoms. The van der Waals surface area contributed by atoms with E-state index >= 15 is 0 Å². The number of rotatable bonds is 4. The quantitative estimate of drug-likeness (QED) is 0.901. The van der Waals surface area contributed by atoms with Gasteiger partial charge in [-0.25, -0.2) is 18.1 Å². The maximum absolute atomic E-state index is 12.5. The van der Waals surface area contributed by atoms with E-state index in [-0.39, 0.29) is 18.5 Å². The maximum Gasteiger partial charge on any atom is 0.273 e. The Morgan fingerprint density at radius 2 is 2.05 bits per heavy atom. The van der Waals surface area contributed by atoms with Gasteiger partial charge in [0.15, 0.2) is 0 Å². The Labute approximate surface area is 135 Å². The van der Waals surface area contributed by atoms with Crippen molar-refractivity contribution >= 4 is 27.3 Å². The first-order valence-corrected chi connectivity index (χ1v) is 10.2. The summed E-state index contributed by atoms with van der Waals surface area (Å²) >= 11 is 1.37. The normalized spacial score (nSPS) is 23.8. The molecule has 22 heavy (non-hydrogen) atoms. The van der Waals surface area contributed by atoms with Crippen LogP contribution in [-0.2, 0) is 10.0 Å². The van der Waals surface area contributed by atoms with Crippen LogP contribution in [0, 0.1) is 0 Å². The fraction of sp³-hybridized carbons (Fsp3) is 0.714. The highest BCUT2D eigenvalue weighted by atomic mass is 32.2. The molecule has 1 N–H and O–H groups in total. The van der Waals surface area contributed by atoms with Crippen LogP contribution in [0.25, 0.3) is 0 Å². The van der Waals surface area contributed by atoms with Gasteiger partial charge in [-0.2, -0.15) is 0 Å². The summed E-state index contributed by atoms with van der Waals surface area (Å²) in [6.07, 6.45) is 5.36. The number of aromatic nitrogens is 1. The summed E-state index contributed by atoms with van der Waals surface area (Å²) in [7, 11) is -3.36. The van der Waals surface area contributed by atoms with Crippen LogP contribution >= 0.6 is 11.3 Å². The Morgan fingerprint density at radius 3 is 2.73 bits per heavy atom. The van der Waals surface area contributed by atoms with Crippen LogP contribution in [0.1, 0.15) is 49.0 Å². The van der Waals surface area contributed by atoms with Crippen LogP contribution in [-0.4, -0.2) is 48.6 Å². The number of piperidine rings is 1.